The van der Waals surface area contributed by atoms with Crippen LogP contribution < -0.4 is 5.73 Å². The van der Waals surface area contributed by atoms with Crippen LogP contribution in [0.5, 0.6) is 5.75 Å². The topological polar surface area (TPSA) is 92.0 Å². The van der Waals surface area contributed by atoms with E-state index < -0.39 is 5.91 Å². The van der Waals surface area contributed by atoms with Crippen LogP contribution in [0, 0.1) is 0 Å². The van der Waals surface area contributed by atoms with Crippen molar-refractivity contribution in [3.63, 3.8) is 0 Å². The number of carbonyl (C=O) groups is 1. The van der Waals surface area contributed by atoms with Gasteiger partial charge in [-0.1, -0.05) is 23.2 Å². The highest BCUT2D eigenvalue weighted by molar-refractivity contribution is 6.36. The summed E-state index contributed by atoms with van der Waals surface area (Å²) in [5.41, 5.74) is 6.75. The number of halogens is 2. The zero-order valence-corrected chi connectivity index (χ0v) is 12.0. The van der Waals surface area contributed by atoms with E-state index in [2.05, 4.69) is 9.97 Å². The third-order valence-corrected chi connectivity index (χ3v) is 3.62. The molecule has 4 N–H and O–H groups in total. The Morgan fingerprint density at radius 2 is 2.00 bits per heavy atom. The molecule has 21 heavy (non-hydrogen) atoms. The normalized spacial score (nSPS) is 11.0. The molecule has 0 unspecified atom stereocenters. The van der Waals surface area contributed by atoms with E-state index in [1.165, 1.54) is 12.1 Å². The number of phenolic OH excluding ortho intramolecular Hbond substituents is 1. The van der Waals surface area contributed by atoms with Gasteiger partial charge >= 0.3 is 0 Å². The lowest BCUT2D eigenvalue weighted by molar-refractivity contribution is 0.100. The van der Waals surface area contributed by atoms with Gasteiger partial charge in [0.1, 0.15) is 22.6 Å². The smallest absolute Gasteiger partial charge is 0.250 e. The molecule has 5 nitrogen and oxygen atoms in total. The maximum absolute atomic E-state index is 11.4. The first-order valence-corrected chi connectivity index (χ1v) is 6.70. The second-order valence-corrected chi connectivity index (χ2v) is 5.27. The van der Waals surface area contributed by atoms with Gasteiger partial charge < -0.3 is 15.8 Å². The zero-order valence-electron chi connectivity index (χ0n) is 10.5. The van der Waals surface area contributed by atoms with Crippen LogP contribution in [0.2, 0.25) is 10.0 Å². The van der Waals surface area contributed by atoms with Gasteiger partial charge in [0, 0.05) is 10.6 Å². The predicted molar refractivity (Wildman–Crippen MR) is 81.7 cm³/mol. The Morgan fingerprint density at radius 1 is 1.24 bits per heavy atom. The second-order valence-electron chi connectivity index (χ2n) is 4.43. The van der Waals surface area contributed by atoms with Gasteiger partial charge in [0.05, 0.1) is 10.6 Å². The highest BCUT2D eigenvalue weighted by Gasteiger charge is 2.16. The fraction of sp³-hybridized carbons (Fsp3) is 0. The largest absolute Gasteiger partial charge is 0.506 e. The van der Waals surface area contributed by atoms with E-state index >= 15 is 0 Å². The van der Waals surface area contributed by atoms with Crippen molar-refractivity contribution in [3.05, 3.63) is 45.9 Å². The average Bonchev–Trinajstić information content (AvgIpc) is 2.84. The molecule has 0 saturated heterocycles. The number of nitrogens with one attached hydrogen (secondary N) is 1. The number of nitrogens with zero attached hydrogens (tertiary/aromatic N) is 1. The van der Waals surface area contributed by atoms with E-state index in [0.29, 0.717) is 32.5 Å². The second kappa shape index (κ2) is 4.95. The number of aromatic nitrogens is 2. The van der Waals surface area contributed by atoms with Gasteiger partial charge in [0.15, 0.2) is 0 Å². The predicted octanol–water partition coefficient (Wildman–Crippen LogP) is 3.34. The van der Waals surface area contributed by atoms with Crippen molar-refractivity contribution in [3.8, 4) is 17.1 Å². The summed E-state index contributed by atoms with van der Waals surface area (Å²) in [4.78, 5) is 18.7. The highest BCUT2D eigenvalue weighted by Crippen LogP contribution is 2.33. The van der Waals surface area contributed by atoms with Crippen molar-refractivity contribution in [1.29, 1.82) is 0 Å². The van der Waals surface area contributed by atoms with E-state index in [-0.39, 0.29) is 11.3 Å². The molecule has 1 aromatic heterocycles. The first kappa shape index (κ1) is 13.7. The van der Waals surface area contributed by atoms with E-state index in [9.17, 15) is 9.90 Å². The fourth-order valence-electron chi connectivity index (χ4n) is 2.09. The number of aromatic hydroxyl groups is 1. The van der Waals surface area contributed by atoms with Crippen molar-refractivity contribution in [2.45, 2.75) is 0 Å². The summed E-state index contributed by atoms with van der Waals surface area (Å²) in [5, 5.41) is 10.8. The quantitative estimate of drug-likeness (QED) is 0.675. The summed E-state index contributed by atoms with van der Waals surface area (Å²) in [5.74, 6) is -0.241. The van der Waals surface area contributed by atoms with Crippen LogP contribution >= 0.6 is 23.2 Å². The van der Waals surface area contributed by atoms with Gasteiger partial charge in [0.25, 0.3) is 5.91 Å². The van der Waals surface area contributed by atoms with E-state index in [4.69, 9.17) is 28.9 Å². The molecule has 0 atom stereocenters. The highest BCUT2D eigenvalue weighted by atomic mass is 35.5. The number of carbonyl (C=O) groups excluding carboxylic acids is 1. The minimum absolute atomic E-state index is 0.0289. The summed E-state index contributed by atoms with van der Waals surface area (Å²) in [6, 6.07) is 7.76. The molecule has 0 fully saturated rings. The number of imidazole rings is 1. The lowest BCUT2D eigenvalue weighted by Crippen LogP contribution is -2.11. The first-order valence-electron chi connectivity index (χ1n) is 5.94. The molecule has 106 valence electrons. The SMILES string of the molecule is NC(=O)c1ccc(O)c2[nH]c(-c3ccc(Cl)cc3Cl)nc12. The van der Waals surface area contributed by atoms with Crippen molar-refractivity contribution >= 4 is 40.1 Å². The molecule has 1 heterocycles. The monoisotopic (exact) mass is 321 g/mol. The maximum atomic E-state index is 11.4. The number of benzene rings is 2. The molecule has 0 spiro atoms. The number of rotatable bonds is 2. The molecule has 0 radical (unpaired) electrons. The standard InChI is InChI=1S/C14H9Cl2N3O2/c15-6-1-2-7(9(16)5-6)14-18-11-8(13(17)21)3-4-10(20)12(11)19-14/h1-5,20H,(H2,17,21)(H,18,19). The number of phenols is 1. The number of primary amides is 1. The molecular weight excluding hydrogens is 313 g/mol. The number of nitrogens with two attached hydrogens (primary N) is 1. The third-order valence-electron chi connectivity index (χ3n) is 3.07. The minimum Gasteiger partial charge on any atom is -0.506 e. The van der Waals surface area contributed by atoms with E-state index in [1.54, 1.807) is 18.2 Å². The van der Waals surface area contributed by atoms with Crippen LogP contribution in [0.3, 0.4) is 0 Å². The van der Waals surface area contributed by atoms with Crippen molar-refractivity contribution < 1.29 is 9.90 Å². The summed E-state index contributed by atoms with van der Waals surface area (Å²) in [6.07, 6.45) is 0. The van der Waals surface area contributed by atoms with Crippen molar-refractivity contribution in [2.75, 3.05) is 0 Å². The minimum atomic E-state index is -0.625. The number of fused-ring (bicyclic) bond motifs is 1. The van der Waals surface area contributed by atoms with Crippen LogP contribution in [-0.4, -0.2) is 21.0 Å². The molecule has 3 aromatic rings. The van der Waals surface area contributed by atoms with Crippen molar-refractivity contribution in [2.24, 2.45) is 5.73 Å². The Hall–Kier alpha value is -2.24. The zero-order chi connectivity index (χ0) is 15.1. The number of hydrogen-bond donors (Lipinski definition) is 3. The summed E-state index contributed by atoms with van der Waals surface area (Å²) in [7, 11) is 0. The Labute approximate surface area is 129 Å². The Bertz CT molecular complexity index is 874. The third kappa shape index (κ3) is 2.30. The maximum Gasteiger partial charge on any atom is 0.250 e. The molecule has 1 amide bonds. The molecule has 0 saturated carbocycles. The van der Waals surface area contributed by atoms with E-state index in [1.807, 2.05) is 0 Å². The fourth-order valence-corrected chi connectivity index (χ4v) is 2.58. The van der Waals surface area contributed by atoms with Gasteiger partial charge in [-0.25, -0.2) is 4.98 Å². The molecule has 0 aliphatic rings. The van der Waals surface area contributed by atoms with E-state index in [0.717, 1.165) is 0 Å². The number of hydrogen-bond acceptors (Lipinski definition) is 3. The summed E-state index contributed by atoms with van der Waals surface area (Å²) >= 11 is 12.0. The van der Waals surface area contributed by atoms with Gasteiger partial charge in [-0.05, 0) is 30.3 Å². The molecule has 0 aliphatic carbocycles. The molecule has 2 aromatic carbocycles. The molecular formula is C14H9Cl2N3O2. The van der Waals surface area contributed by atoms with Gasteiger partial charge in [0.2, 0.25) is 0 Å². The number of H-pyrrole nitrogens is 1. The summed E-state index contributed by atoms with van der Waals surface area (Å²) < 4.78 is 0. The van der Waals surface area contributed by atoms with Gasteiger partial charge in [-0.15, -0.1) is 0 Å². The molecule has 7 heteroatoms. The number of amides is 1. The molecule has 0 aliphatic heterocycles. The lowest BCUT2D eigenvalue weighted by atomic mass is 10.1. The van der Waals surface area contributed by atoms with Crippen LogP contribution in [0.4, 0.5) is 0 Å². The Kier molecular flexibility index (Phi) is 3.23. The molecule has 0 bridgehead atoms. The summed E-state index contributed by atoms with van der Waals surface area (Å²) in [6.45, 7) is 0. The Balaban J connectivity index is 2.28. The van der Waals surface area contributed by atoms with Crippen LogP contribution in [0.25, 0.3) is 22.4 Å². The van der Waals surface area contributed by atoms with Crippen LogP contribution in [0.1, 0.15) is 10.4 Å². The van der Waals surface area contributed by atoms with Crippen molar-refractivity contribution in [1.82, 2.24) is 9.97 Å². The lowest BCUT2D eigenvalue weighted by Gasteiger charge is -2.00. The average molecular weight is 322 g/mol. The number of aromatic amines is 1. The van der Waals surface area contributed by atoms with Gasteiger partial charge in [-0.2, -0.15) is 0 Å². The van der Waals surface area contributed by atoms with Crippen LogP contribution in [0.15, 0.2) is 30.3 Å². The first-order chi connectivity index (χ1) is 9.97. The van der Waals surface area contributed by atoms with Crippen LogP contribution in [-0.2, 0) is 0 Å². The van der Waals surface area contributed by atoms with Gasteiger partial charge in [-0.3, -0.25) is 4.79 Å². The molecule has 3 rings (SSSR count). The Morgan fingerprint density at radius 3 is 2.67 bits per heavy atom.